The molecule has 0 unspecified atom stereocenters. The van der Waals surface area contributed by atoms with E-state index in [0.29, 0.717) is 0 Å². The Hall–Kier alpha value is -0.870. The second kappa shape index (κ2) is 6.17. The molecule has 0 aromatic carbocycles. The molecule has 0 saturated carbocycles. The Morgan fingerprint density at radius 1 is 1.47 bits per heavy atom. The van der Waals surface area contributed by atoms with Gasteiger partial charge in [-0.3, -0.25) is 4.68 Å². The molecule has 1 saturated heterocycles. The minimum atomic E-state index is 0.780. The van der Waals surface area contributed by atoms with Crippen LogP contribution in [0.2, 0.25) is 0 Å². The molecule has 0 bridgehead atoms. The third-order valence-corrected chi connectivity index (χ3v) is 3.37. The number of nitrogens with one attached hydrogen (secondary N) is 1. The maximum absolute atomic E-state index is 5.36. The van der Waals surface area contributed by atoms with Crippen molar-refractivity contribution in [1.29, 1.82) is 0 Å². The van der Waals surface area contributed by atoms with E-state index in [-0.39, 0.29) is 0 Å². The first-order valence-corrected chi connectivity index (χ1v) is 6.61. The van der Waals surface area contributed by atoms with Gasteiger partial charge in [-0.2, -0.15) is 5.10 Å². The number of hydrogen-bond acceptors (Lipinski definition) is 3. The highest BCUT2D eigenvalue weighted by Gasteiger charge is 2.13. The fraction of sp³-hybridized carbons (Fsp3) is 0.769. The molecule has 96 valence electrons. The van der Waals surface area contributed by atoms with E-state index in [4.69, 9.17) is 4.74 Å². The maximum Gasteiger partial charge on any atom is 0.0597 e. The summed E-state index contributed by atoms with van der Waals surface area (Å²) >= 11 is 0. The fourth-order valence-electron chi connectivity index (χ4n) is 2.37. The lowest BCUT2D eigenvalue weighted by molar-refractivity contribution is 0.0662. The maximum atomic E-state index is 5.36. The number of hydrogen-bond donors (Lipinski definition) is 1. The van der Waals surface area contributed by atoms with Crippen molar-refractivity contribution in [3.05, 3.63) is 17.5 Å². The highest BCUT2D eigenvalue weighted by molar-refractivity contribution is 5.08. The van der Waals surface area contributed by atoms with Gasteiger partial charge in [-0.05, 0) is 45.2 Å². The summed E-state index contributed by atoms with van der Waals surface area (Å²) in [5.74, 6) is 0.780. The van der Waals surface area contributed by atoms with Gasteiger partial charge in [-0.1, -0.05) is 0 Å². The van der Waals surface area contributed by atoms with Gasteiger partial charge in [-0.15, -0.1) is 0 Å². The molecule has 1 aromatic rings. The monoisotopic (exact) mass is 237 g/mol. The molecule has 0 spiro atoms. The first kappa shape index (κ1) is 12.6. The van der Waals surface area contributed by atoms with E-state index in [2.05, 4.69) is 28.1 Å². The molecule has 4 heteroatoms. The van der Waals surface area contributed by atoms with Gasteiger partial charge in [0, 0.05) is 26.3 Å². The molecule has 1 fully saturated rings. The molecule has 0 aliphatic carbocycles. The molecule has 1 aliphatic heterocycles. The van der Waals surface area contributed by atoms with E-state index in [1.807, 2.05) is 6.92 Å². The van der Waals surface area contributed by atoms with Crippen LogP contribution in [0.15, 0.2) is 6.07 Å². The number of ether oxygens (including phenoxy) is 1. The van der Waals surface area contributed by atoms with Crippen molar-refractivity contribution in [3.63, 3.8) is 0 Å². The summed E-state index contributed by atoms with van der Waals surface area (Å²) in [4.78, 5) is 0. The number of nitrogens with zero attached hydrogens (tertiary/aromatic N) is 2. The third kappa shape index (κ3) is 3.54. The van der Waals surface area contributed by atoms with Crippen molar-refractivity contribution in [1.82, 2.24) is 15.1 Å². The lowest BCUT2D eigenvalue weighted by atomic mass is 10.0. The molecule has 2 rings (SSSR count). The zero-order chi connectivity index (χ0) is 12.1. The normalized spacial score (nSPS) is 17.5. The molecule has 0 amide bonds. The van der Waals surface area contributed by atoms with Crippen molar-refractivity contribution in [2.24, 2.45) is 5.92 Å². The van der Waals surface area contributed by atoms with E-state index in [0.717, 1.165) is 44.5 Å². The smallest absolute Gasteiger partial charge is 0.0597 e. The van der Waals surface area contributed by atoms with Crippen LogP contribution in [0.1, 0.15) is 31.2 Å². The number of rotatable bonds is 5. The van der Waals surface area contributed by atoms with Gasteiger partial charge >= 0.3 is 0 Å². The van der Waals surface area contributed by atoms with Crippen LogP contribution in [-0.4, -0.2) is 29.5 Å². The van der Waals surface area contributed by atoms with Crippen molar-refractivity contribution in [3.8, 4) is 0 Å². The van der Waals surface area contributed by atoms with Crippen LogP contribution in [-0.2, 0) is 17.8 Å². The molecule has 0 radical (unpaired) electrons. The fourth-order valence-corrected chi connectivity index (χ4v) is 2.37. The van der Waals surface area contributed by atoms with E-state index >= 15 is 0 Å². The van der Waals surface area contributed by atoms with Crippen LogP contribution in [0.3, 0.4) is 0 Å². The zero-order valence-electron chi connectivity index (χ0n) is 10.9. The van der Waals surface area contributed by atoms with Gasteiger partial charge < -0.3 is 10.1 Å². The SMILES string of the molecule is CCn1nc(C)cc1CNCC1CCOCC1. The topological polar surface area (TPSA) is 39.1 Å². The number of aryl methyl sites for hydroxylation is 2. The van der Waals surface area contributed by atoms with Gasteiger partial charge in [0.15, 0.2) is 0 Å². The molecule has 2 heterocycles. The van der Waals surface area contributed by atoms with Crippen LogP contribution in [0.25, 0.3) is 0 Å². The molecular weight excluding hydrogens is 214 g/mol. The van der Waals surface area contributed by atoms with E-state index < -0.39 is 0 Å². The van der Waals surface area contributed by atoms with Crippen LogP contribution < -0.4 is 5.32 Å². The summed E-state index contributed by atoms with van der Waals surface area (Å²) in [7, 11) is 0. The molecule has 1 aromatic heterocycles. The zero-order valence-corrected chi connectivity index (χ0v) is 10.9. The standard InChI is InChI=1S/C13H23N3O/c1-3-16-13(8-11(2)15-16)10-14-9-12-4-6-17-7-5-12/h8,12,14H,3-7,9-10H2,1-2H3. The first-order valence-electron chi connectivity index (χ1n) is 6.61. The Kier molecular flexibility index (Phi) is 4.57. The highest BCUT2D eigenvalue weighted by atomic mass is 16.5. The summed E-state index contributed by atoms with van der Waals surface area (Å²) in [5, 5.41) is 7.99. The van der Waals surface area contributed by atoms with Gasteiger partial charge in [0.2, 0.25) is 0 Å². The lowest BCUT2D eigenvalue weighted by Gasteiger charge is -2.22. The van der Waals surface area contributed by atoms with Crippen LogP contribution >= 0.6 is 0 Å². The van der Waals surface area contributed by atoms with Gasteiger partial charge in [0.1, 0.15) is 0 Å². The largest absolute Gasteiger partial charge is 0.381 e. The third-order valence-electron chi connectivity index (χ3n) is 3.37. The van der Waals surface area contributed by atoms with Crippen molar-refractivity contribution in [2.75, 3.05) is 19.8 Å². The van der Waals surface area contributed by atoms with Gasteiger partial charge in [-0.25, -0.2) is 0 Å². The van der Waals surface area contributed by atoms with Gasteiger partial charge in [0.05, 0.1) is 11.4 Å². The Morgan fingerprint density at radius 3 is 2.94 bits per heavy atom. The Labute approximate surface area is 103 Å². The summed E-state index contributed by atoms with van der Waals surface area (Å²) in [6.45, 7) is 9.00. The van der Waals surface area contributed by atoms with Gasteiger partial charge in [0.25, 0.3) is 0 Å². The molecule has 1 aliphatic rings. The summed E-state index contributed by atoms with van der Waals surface area (Å²) in [6.07, 6.45) is 2.39. The second-order valence-corrected chi connectivity index (χ2v) is 4.78. The van der Waals surface area contributed by atoms with E-state index in [9.17, 15) is 0 Å². The molecule has 4 nitrogen and oxygen atoms in total. The average molecular weight is 237 g/mol. The first-order chi connectivity index (χ1) is 8.29. The molecular formula is C13H23N3O. The van der Waals surface area contributed by atoms with E-state index in [1.54, 1.807) is 0 Å². The van der Waals surface area contributed by atoms with Crippen LogP contribution in [0.5, 0.6) is 0 Å². The predicted molar refractivity (Wildman–Crippen MR) is 67.9 cm³/mol. The van der Waals surface area contributed by atoms with E-state index in [1.165, 1.54) is 18.5 Å². The number of aromatic nitrogens is 2. The summed E-state index contributed by atoms with van der Waals surface area (Å²) in [6, 6.07) is 2.17. The minimum absolute atomic E-state index is 0.780. The molecule has 1 N–H and O–H groups in total. The van der Waals surface area contributed by atoms with Crippen molar-refractivity contribution < 1.29 is 4.74 Å². The quantitative estimate of drug-likeness (QED) is 0.847. The Balaban J connectivity index is 1.76. The highest BCUT2D eigenvalue weighted by Crippen LogP contribution is 2.13. The van der Waals surface area contributed by atoms with Crippen molar-refractivity contribution >= 4 is 0 Å². The second-order valence-electron chi connectivity index (χ2n) is 4.78. The summed E-state index contributed by atoms with van der Waals surface area (Å²) in [5.41, 5.74) is 2.40. The summed E-state index contributed by atoms with van der Waals surface area (Å²) < 4.78 is 7.44. The molecule has 17 heavy (non-hydrogen) atoms. The predicted octanol–water partition coefficient (Wildman–Crippen LogP) is 1.73. The van der Waals surface area contributed by atoms with Crippen LogP contribution in [0.4, 0.5) is 0 Å². The lowest BCUT2D eigenvalue weighted by Crippen LogP contribution is -2.28. The van der Waals surface area contributed by atoms with Crippen LogP contribution in [0, 0.1) is 12.8 Å². The minimum Gasteiger partial charge on any atom is -0.381 e. The van der Waals surface area contributed by atoms with Crippen molar-refractivity contribution in [2.45, 2.75) is 39.8 Å². The average Bonchev–Trinajstić information content (AvgIpc) is 2.71. The Bertz CT molecular complexity index is 342. The Morgan fingerprint density at radius 2 is 2.24 bits per heavy atom. The molecule has 0 atom stereocenters.